The van der Waals surface area contributed by atoms with Crippen molar-refractivity contribution in [3.8, 4) is 23.3 Å². The Morgan fingerprint density at radius 1 is 0.593 bits per heavy atom. The first-order chi connectivity index (χ1) is 13.0. The Morgan fingerprint density at radius 3 is 1.33 bits per heavy atom. The second-order valence-electron chi connectivity index (χ2n) is 6.58. The molecule has 0 aliphatic carbocycles. The van der Waals surface area contributed by atoms with E-state index < -0.39 is 0 Å². The van der Waals surface area contributed by atoms with Crippen LogP contribution in [0.4, 0.5) is 0 Å². The molecule has 0 fully saturated rings. The van der Waals surface area contributed by atoms with Gasteiger partial charge in [-0.1, -0.05) is 35.4 Å². The third-order valence-electron chi connectivity index (χ3n) is 4.28. The first-order valence-corrected chi connectivity index (χ1v) is 9.58. The Kier molecular flexibility index (Phi) is 4.54. The molecule has 0 unspecified atom stereocenters. The average Bonchev–Trinajstić information content (AvgIpc) is 2.92. The van der Waals surface area contributed by atoms with Crippen LogP contribution in [0.1, 0.15) is 20.9 Å². The van der Waals surface area contributed by atoms with Gasteiger partial charge in [-0.3, -0.25) is 0 Å². The van der Waals surface area contributed by atoms with Gasteiger partial charge in [-0.05, 0) is 52.0 Å². The molecule has 5 heteroatoms. The lowest BCUT2D eigenvalue weighted by Gasteiger charge is -2.11. The van der Waals surface area contributed by atoms with Crippen LogP contribution in [-0.2, 0) is 0 Å². The second kappa shape index (κ2) is 7.00. The van der Waals surface area contributed by atoms with E-state index in [9.17, 15) is 0 Å². The van der Waals surface area contributed by atoms with E-state index in [4.69, 9.17) is 19.4 Å². The summed E-state index contributed by atoms with van der Waals surface area (Å²) in [5, 5.41) is 0. The van der Waals surface area contributed by atoms with Crippen LogP contribution in [0.3, 0.4) is 0 Å². The van der Waals surface area contributed by atoms with Gasteiger partial charge < -0.3 is 9.47 Å². The molecule has 0 atom stereocenters. The lowest BCUT2D eigenvalue weighted by atomic mass is 10.2. The molecule has 0 aliphatic heterocycles. The van der Waals surface area contributed by atoms with E-state index in [1.54, 1.807) is 11.3 Å². The van der Waals surface area contributed by atoms with Gasteiger partial charge in [-0.25, -0.2) is 9.97 Å². The SMILES string of the molecule is Cc1ccc(Oc2nc3c(C)sc(C)c3nc2Oc2ccc(C)cc2)cc1. The zero-order chi connectivity index (χ0) is 19.0. The number of benzene rings is 2. The van der Waals surface area contributed by atoms with Crippen LogP contribution in [-0.4, -0.2) is 9.97 Å². The Morgan fingerprint density at radius 2 is 0.963 bits per heavy atom. The van der Waals surface area contributed by atoms with Crippen LogP contribution in [0.25, 0.3) is 11.0 Å². The Bertz CT molecular complexity index is 1010. The zero-order valence-corrected chi connectivity index (χ0v) is 16.6. The summed E-state index contributed by atoms with van der Waals surface area (Å²) in [5.41, 5.74) is 4.06. The highest BCUT2D eigenvalue weighted by atomic mass is 32.1. The molecule has 0 amide bonds. The van der Waals surface area contributed by atoms with Crippen molar-refractivity contribution in [2.24, 2.45) is 0 Å². The van der Waals surface area contributed by atoms with E-state index in [1.165, 1.54) is 11.1 Å². The Labute approximate surface area is 162 Å². The third kappa shape index (κ3) is 3.64. The van der Waals surface area contributed by atoms with Crippen LogP contribution in [0.15, 0.2) is 48.5 Å². The summed E-state index contributed by atoms with van der Waals surface area (Å²) in [7, 11) is 0. The normalized spacial score (nSPS) is 11.0. The highest BCUT2D eigenvalue weighted by Gasteiger charge is 2.18. The van der Waals surface area contributed by atoms with Gasteiger partial charge in [0, 0.05) is 9.75 Å². The van der Waals surface area contributed by atoms with Crippen molar-refractivity contribution >= 4 is 22.4 Å². The molecule has 0 saturated heterocycles. The predicted octanol–water partition coefficient (Wildman–Crippen LogP) is 6.51. The van der Waals surface area contributed by atoms with Crippen LogP contribution in [0.2, 0.25) is 0 Å². The van der Waals surface area contributed by atoms with Crippen LogP contribution in [0.5, 0.6) is 23.3 Å². The van der Waals surface area contributed by atoms with Gasteiger partial charge in [0.15, 0.2) is 0 Å². The van der Waals surface area contributed by atoms with Crippen LogP contribution < -0.4 is 9.47 Å². The minimum absolute atomic E-state index is 0.368. The molecule has 0 spiro atoms. The molecular formula is C22H20N2O2S. The predicted molar refractivity (Wildman–Crippen MR) is 109 cm³/mol. The van der Waals surface area contributed by atoms with Gasteiger partial charge in [-0.15, -0.1) is 11.3 Å². The van der Waals surface area contributed by atoms with Crippen LogP contribution in [0, 0.1) is 27.7 Å². The van der Waals surface area contributed by atoms with Gasteiger partial charge in [0.2, 0.25) is 0 Å². The fourth-order valence-electron chi connectivity index (χ4n) is 2.79. The van der Waals surface area contributed by atoms with Crippen molar-refractivity contribution in [2.45, 2.75) is 27.7 Å². The molecule has 0 saturated carbocycles. The van der Waals surface area contributed by atoms with Crippen molar-refractivity contribution < 1.29 is 9.47 Å². The fourth-order valence-corrected chi connectivity index (χ4v) is 3.73. The summed E-state index contributed by atoms with van der Waals surface area (Å²) in [5.74, 6) is 2.14. The van der Waals surface area contributed by atoms with Gasteiger partial charge in [-0.2, -0.15) is 0 Å². The molecule has 0 radical (unpaired) electrons. The molecule has 2 aromatic heterocycles. The maximum absolute atomic E-state index is 6.04. The molecular weight excluding hydrogens is 356 g/mol. The maximum atomic E-state index is 6.04. The topological polar surface area (TPSA) is 44.2 Å². The largest absolute Gasteiger partial charge is 0.435 e. The standard InChI is InChI=1S/C22H20N2O2S/c1-13-5-9-17(10-6-13)25-21-22(26-18-11-7-14(2)8-12-18)24-20-16(4)27-15(3)19(20)23-21/h5-12H,1-4H3. The molecule has 0 aliphatic rings. The summed E-state index contributed by atoms with van der Waals surface area (Å²) in [6.07, 6.45) is 0. The molecule has 0 bridgehead atoms. The van der Waals surface area contributed by atoms with Gasteiger partial charge in [0.25, 0.3) is 11.8 Å². The number of thiophene rings is 1. The summed E-state index contributed by atoms with van der Waals surface area (Å²) < 4.78 is 12.1. The summed E-state index contributed by atoms with van der Waals surface area (Å²) in [4.78, 5) is 11.7. The number of hydrogen-bond acceptors (Lipinski definition) is 5. The number of nitrogens with zero attached hydrogens (tertiary/aromatic N) is 2. The first kappa shape index (κ1) is 17.5. The molecule has 4 rings (SSSR count). The number of fused-ring (bicyclic) bond motifs is 1. The second-order valence-corrected chi connectivity index (χ2v) is 8.00. The van der Waals surface area contributed by atoms with E-state index in [1.807, 2.05) is 76.2 Å². The lowest BCUT2D eigenvalue weighted by molar-refractivity contribution is 0.394. The number of aromatic nitrogens is 2. The maximum Gasteiger partial charge on any atom is 0.284 e. The van der Waals surface area contributed by atoms with Gasteiger partial charge >= 0.3 is 0 Å². The Hall–Kier alpha value is -2.92. The minimum Gasteiger partial charge on any atom is -0.435 e. The smallest absolute Gasteiger partial charge is 0.284 e. The molecule has 2 heterocycles. The molecule has 4 nitrogen and oxygen atoms in total. The van der Waals surface area contributed by atoms with Crippen molar-refractivity contribution in [1.82, 2.24) is 9.97 Å². The van der Waals surface area contributed by atoms with Gasteiger partial charge in [0.05, 0.1) is 0 Å². The van der Waals surface area contributed by atoms with E-state index in [0.29, 0.717) is 23.3 Å². The monoisotopic (exact) mass is 376 g/mol. The van der Waals surface area contributed by atoms with E-state index in [0.717, 1.165) is 20.8 Å². The highest BCUT2D eigenvalue weighted by Crippen LogP contribution is 2.37. The summed E-state index contributed by atoms with van der Waals surface area (Å²) in [6, 6.07) is 15.7. The highest BCUT2D eigenvalue weighted by molar-refractivity contribution is 7.13. The number of hydrogen-bond donors (Lipinski definition) is 0. The summed E-state index contributed by atoms with van der Waals surface area (Å²) in [6.45, 7) is 8.17. The first-order valence-electron chi connectivity index (χ1n) is 8.76. The molecule has 27 heavy (non-hydrogen) atoms. The number of rotatable bonds is 4. The Balaban J connectivity index is 1.79. The van der Waals surface area contributed by atoms with Crippen molar-refractivity contribution in [1.29, 1.82) is 0 Å². The minimum atomic E-state index is 0.368. The van der Waals surface area contributed by atoms with E-state index in [-0.39, 0.29) is 0 Å². The molecule has 2 aromatic carbocycles. The number of aryl methyl sites for hydroxylation is 4. The van der Waals surface area contributed by atoms with Crippen LogP contribution >= 0.6 is 11.3 Å². The van der Waals surface area contributed by atoms with E-state index >= 15 is 0 Å². The van der Waals surface area contributed by atoms with Crippen molar-refractivity contribution in [3.63, 3.8) is 0 Å². The van der Waals surface area contributed by atoms with Crippen molar-refractivity contribution in [2.75, 3.05) is 0 Å². The summed E-state index contributed by atoms with van der Waals surface area (Å²) >= 11 is 1.68. The van der Waals surface area contributed by atoms with E-state index in [2.05, 4.69) is 0 Å². The number of ether oxygens (including phenoxy) is 2. The van der Waals surface area contributed by atoms with Gasteiger partial charge in [0.1, 0.15) is 22.5 Å². The molecule has 136 valence electrons. The van der Waals surface area contributed by atoms with Crippen molar-refractivity contribution in [3.05, 3.63) is 69.4 Å². The third-order valence-corrected chi connectivity index (χ3v) is 5.28. The lowest BCUT2D eigenvalue weighted by Crippen LogP contribution is -1.97. The average molecular weight is 376 g/mol. The molecule has 4 aromatic rings. The molecule has 0 N–H and O–H groups in total. The quantitative estimate of drug-likeness (QED) is 0.407. The zero-order valence-electron chi connectivity index (χ0n) is 15.7. The fraction of sp³-hybridized carbons (Fsp3) is 0.182.